The molecule has 224 valence electrons. The van der Waals surface area contributed by atoms with Crippen LogP contribution in [-0.2, 0) is 17.6 Å². The number of hydrogen-bond donors (Lipinski definition) is 5. The number of pyridine rings is 1. The van der Waals surface area contributed by atoms with Crippen molar-refractivity contribution in [2.45, 2.75) is 82.4 Å². The molecule has 1 aliphatic heterocycles. The minimum atomic E-state index is -1.05. The lowest BCUT2D eigenvalue weighted by atomic mass is 9.93. The Morgan fingerprint density at radius 2 is 1.85 bits per heavy atom. The van der Waals surface area contributed by atoms with Gasteiger partial charge in [0.15, 0.2) is 0 Å². The van der Waals surface area contributed by atoms with Gasteiger partial charge >= 0.3 is 12.0 Å². The summed E-state index contributed by atoms with van der Waals surface area (Å²) in [5.74, 6) is 0.772. The van der Waals surface area contributed by atoms with Crippen LogP contribution < -0.4 is 20.7 Å². The normalized spacial score (nSPS) is 19.1. The number of anilines is 1. The van der Waals surface area contributed by atoms with Crippen molar-refractivity contribution in [2.24, 2.45) is 0 Å². The molecule has 1 saturated carbocycles. The van der Waals surface area contributed by atoms with Crippen LogP contribution in [0.25, 0.3) is 0 Å². The van der Waals surface area contributed by atoms with Crippen LogP contribution in [0.4, 0.5) is 10.6 Å². The Bertz CT molecular complexity index is 1090. The van der Waals surface area contributed by atoms with Gasteiger partial charge in [0.25, 0.3) is 0 Å². The monoisotopic (exact) mass is 567 g/mol. The molecule has 1 unspecified atom stereocenters. The lowest BCUT2D eigenvalue weighted by molar-refractivity contribution is -0.139. The van der Waals surface area contributed by atoms with Gasteiger partial charge in [0, 0.05) is 31.4 Å². The molecule has 1 aromatic heterocycles. The van der Waals surface area contributed by atoms with Gasteiger partial charge < -0.3 is 30.9 Å². The van der Waals surface area contributed by atoms with Gasteiger partial charge in [-0.15, -0.1) is 0 Å². The SMILES string of the molecule is O=C(NC1CCC(O)CC1)NC(CCN(CCCCc1ccc2c(n1)NCCC2)CCOc1ccccc1)C(=O)O. The number of ether oxygens (including phenoxy) is 1. The second-order valence-electron chi connectivity index (χ2n) is 11.1. The zero-order valence-electron chi connectivity index (χ0n) is 23.9. The van der Waals surface area contributed by atoms with Crippen LogP contribution in [0.2, 0.25) is 0 Å². The van der Waals surface area contributed by atoms with Crippen LogP contribution in [-0.4, -0.2) is 83.1 Å². The van der Waals surface area contributed by atoms with Gasteiger partial charge in [-0.3, -0.25) is 4.90 Å². The molecule has 1 fully saturated rings. The summed E-state index contributed by atoms with van der Waals surface area (Å²) in [6.07, 6.45) is 7.68. The molecule has 10 nitrogen and oxygen atoms in total. The van der Waals surface area contributed by atoms with E-state index in [2.05, 4.69) is 33.0 Å². The number of benzene rings is 1. The van der Waals surface area contributed by atoms with E-state index < -0.39 is 18.0 Å². The standard InChI is InChI=1S/C31H45N5O5/c37-26-15-13-25(14-16-26)34-31(40)35-28(30(38)39)17-20-36(21-22-41-27-9-2-1-3-10-27)19-5-4-8-24-12-11-23-7-6-18-32-29(23)33-24/h1-3,9-12,25-26,28,37H,4-8,13-22H2,(H,32,33)(H,38,39)(H2,34,35,40). The maximum Gasteiger partial charge on any atom is 0.326 e. The van der Waals surface area contributed by atoms with E-state index in [1.54, 1.807) is 0 Å². The summed E-state index contributed by atoms with van der Waals surface area (Å²) in [7, 11) is 0. The minimum Gasteiger partial charge on any atom is -0.492 e. The number of carboxylic acids is 1. The van der Waals surface area contributed by atoms with E-state index in [1.807, 2.05) is 30.3 Å². The lowest BCUT2D eigenvalue weighted by Gasteiger charge is -2.27. The van der Waals surface area contributed by atoms with Gasteiger partial charge in [0.1, 0.15) is 24.2 Å². The molecule has 0 radical (unpaired) electrons. The Balaban J connectivity index is 1.25. The van der Waals surface area contributed by atoms with Crippen LogP contribution in [0, 0.1) is 0 Å². The molecular weight excluding hydrogens is 522 g/mol. The van der Waals surface area contributed by atoms with Crippen molar-refractivity contribution < 1.29 is 24.5 Å². The topological polar surface area (TPSA) is 136 Å². The third-order valence-electron chi connectivity index (χ3n) is 7.90. The highest BCUT2D eigenvalue weighted by Gasteiger charge is 2.25. The van der Waals surface area contributed by atoms with Crippen molar-refractivity contribution in [3.8, 4) is 5.75 Å². The molecule has 0 spiro atoms. The second-order valence-corrected chi connectivity index (χ2v) is 11.1. The van der Waals surface area contributed by atoms with Crippen molar-refractivity contribution in [2.75, 3.05) is 38.1 Å². The summed E-state index contributed by atoms with van der Waals surface area (Å²) >= 11 is 0. The minimum absolute atomic E-state index is 0.0418. The van der Waals surface area contributed by atoms with Crippen LogP contribution in [0.3, 0.4) is 0 Å². The van der Waals surface area contributed by atoms with Crippen molar-refractivity contribution in [3.05, 3.63) is 53.7 Å². The number of carbonyl (C=O) groups is 2. The summed E-state index contributed by atoms with van der Waals surface area (Å²) in [6, 6.07) is 12.5. The summed E-state index contributed by atoms with van der Waals surface area (Å²) in [5, 5.41) is 28.4. The Morgan fingerprint density at radius 3 is 2.63 bits per heavy atom. The van der Waals surface area contributed by atoms with E-state index in [4.69, 9.17) is 9.72 Å². The molecular formula is C31H45N5O5. The maximum absolute atomic E-state index is 12.5. The van der Waals surface area contributed by atoms with E-state index >= 15 is 0 Å². The summed E-state index contributed by atoms with van der Waals surface area (Å²) in [6.45, 7) is 3.43. The molecule has 4 rings (SSSR count). The molecule has 0 saturated heterocycles. The number of urea groups is 1. The van der Waals surface area contributed by atoms with Crippen LogP contribution in [0.15, 0.2) is 42.5 Å². The number of hydrogen-bond acceptors (Lipinski definition) is 7. The Morgan fingerprint density at radius 1 is 1.05 bits per heavy atom. The number of aliphatic carboxylic acids is 1. The Kier molecular flexibility index (Phi) is 12.1. The van der Waals surface area contributed by atoms with Gasteiger partial charge in [-0.1, -0.05) is 24.3 Å². The number of para-hydroxylation sites is 1. The molecule has 2 amide bonds. The largest absolute Gasteiger partial charge is 0.492 e. The summed E-state index contributed by atoms with van der Waals surface area (Å²) in [4.78, 5) is 31.5. The number of nitrogens with zero attached hydrogens (tertiary/aromatic N) is 2. The number of fused-ring (bicyclic) bond motifs is 1. The quantitative estimate of drug-likeness (QED) is 0.206. The number of aliphatic hydroxyl groups is 1. The zero-order valence-corrected chi connectivity index (χ0v) is 23.9. The first-order valence-corrected chi connectivity index (χ1v) is 15.1. The first kappa shape index (κ1) is 30.6. The number of carboxylic acid groups (broad SMARTS) is 1. The Hall–Kier alpha value is -3.37. The maximum atomic E-state index is 12.5. The number of rotatable bonds is 15. The number of aryl methyl sites for hydroxylation is 2. The van der Waals surface area contributed by atoms with Crippen LogP contribution in [0.5, 0.6) is 5.75 Å². The van der Waals surface area contributed by atoms with Gasteiger partial charge in [0.05, 0.1) is 6.10 Å². The van der Waals surface area contributed by atoms with Crippen LogP contribution >= 0.6 is 0 Å². The average Bonchev–Trinajstić information content (AvgIpc) is 2.98. The van der Waals surface area contributed by atoms with Gasteiger partial charge in [-0.05, 0) is 94.5 Å². The molecule has 2 heterocycles. The van der Waals surface area contributed by atoms with Crippen LogP contribution in [0.1, 0.15) is 62.6 Å². The van der Waals surface area contributed by atoms with Crippen molar-refractivity contribution >= 4 is 17.8 Å². The lowest BCUT2D eigenvalue weighted by Crippen LogP contribution is -2.50. The molecule has 1 aromatic carbocycles. The molecule has 1 atom stereocenters. The molecule has 2 aromatic rings. The summed E-state index contributed by atoms with van der Waals surface area (Å²) < 4.78 is 5.90. The molecule has 0 bridgehead atoms. The van der Waals surface area contributed by atoms with E-state index in [0.717, 1.165) is 62.5 Å². The number of unbranched alkanes of at least 4 members (excludes halogenated alkanes) is 1. The molecule has 2 aliphatic rings. The van der Waals surface area contributed by atoms with E-state index in [1.165, 1.54) is 5.56 Å². The first-order chi connectivity index (χ1) is 20.0. The fourth-order valence-corrected chi connectivity index (χ4v) is 5.47. The van der Waals surface area contributed by atoms with E-state index in [9.17, 15) is 19.8 Å². The van der Waals surface area contributed by atoms with E-state index in [0.29, 0.717) is 45.4 Å². The molecule has 10 heteroatoms. The molecule has 41 heavy (non-hydrogen) atoms. The fourth-order valence-electron chi connectivity index (χ4n) is 5.47. The van der Waals surface area contributed by atoms with Crippen molar-refractivity contribution in [3.63, 3.8) is 0 Å². The number of aromatic nitrogens is 1. The smallest absolute Gasteiger partial charge is 0.326 e. The zero-order chi connectivity index (χ0) is 28.9. The third kappa shape index (κ3) is 10.5. The highest BCUT2D eigenvalue weighted by Crippen LogP contribution is 2.21. The van der Waals surface area contributed by atoms with Crippen molar-refractivity contribution in [1.82, 2.24) is 20.5 Å². The first-order valence-electron chi connectivity index (χ1n) is 15.1. The van der Waals surface area contributed by atoms with E-state index in [-0.39, 0.29) is 18.6 Å². The summed E-state index contributed by atoms with van der Waals surface area (Å²) in [5.41, 5.74) is 2.38. The number of amides is 2. The third-order valence-corrected chi connectivity index (χ3v) is 7.90. The highest BCUT2D eigenvalue weighted by atomic mass is 16.5. The predicted molar refractivity (Wildman–Crippen MR) is 158 cm³/mol. The Labute approximate surface area is 242 Å². The predicted octanol–water partition coefficient (Wildman–Crippen LogP) is 3.59. The second kappa shape index (κ2) is 16.2. The highest BCUT2D eigenvalue weighted by molar-refractivity contribution is 5.82. The molecule has 1 aliphatic carbocycles. The van der Waals surface area contributed by atoms with Gasteiger partial charge in [-0.2, -0.15) is 0 Å². The number of aliphatic hydroxyl groups excluding tert-OH is 1. The average molecular weight is 568 g/mol. The van der Waals surface area contributed by atoms with Gasteiger partial charge in [0.2, 0.25) is 0 Å². The molecule has 5 N–H and O–H groups in total. The van der Waals surface area contributed by atoms with Gasteiger partial charge in [-0.25, -0.2) is 14.6 Å². The number of carbonyl (C=O) groups excluding carboxylic acids is 1. The number of nitrogens with one attached hydrogen (secondary N) is 3. The fraction of sp³-hybridized carbons (Fsp3) is 0.581. The van der Waals surface area contributed by atoms with Crippen molar-refractivity contribution in [1.29, 1.82) is 0 Å².